The van der Waals surface area contributed by atoms with E-state index in [1.165, 1.54) is 0 Å². The number of para-hydroxylation sites is 1. The molecule has 82 valence electrons. The van der Waals surface area contributed by atoms with E-state index in [0.717, 1.165) is 16.8 Å². The number of hydrogen-bond donors (Lipinski definition) is 2. The van der Waals surface area contributed by atoms with Crippen molar-refractivity contribution in [3.8, 4) is 0 Å². The highest BCUT2D eigenvalue weighted by Crippen LogP contribution is 2.27. The van der Waals surface area contributed by atoms with Crippen LogP contribution in [0.4, 0.5) is 5.69 Å². The molecule has 3 rings (SSSR count). The molecule has 0 fully saturated rings. The van der Waals surface area contributed by atoms with Gasteiger partial charge in [0.2, 0.25) is 0 Å². The van der Waals surface area contributed by atoms with E-state index in [4.69, 9.17) is 10.8 Å². The smallest absolute Gasteiger partial charge is 0.139 e. The SMILES string of the molecule is N=C1c2ccccc2C(=N)N1c1ccccc1. The van der Waals surface area contributed by atoms with E-state index < -0.39 is 0 Å². The summed E-state index contributed by atoms with van der Waals surface area (Å²) in [5.74, 6) is 0.744. The van der Waals surface area contributed by atoms with Crippen LogP contribution in [-0.2, 0) is 0 Å². The molecule has 2 N–H and O–H groups in total. The van der Waals surface area contributed by atoms with Gasteiger partial charge in [-0.25, -0.2) is 0 Å². The number of anilines is 1. The Labute approximate surface area is 99.3 Å². The number of hydrogen-bond acceptors (Lipinski definition) is 2. The molecule has 3 nitrogen and oxygen atoms in total. The van der Waals surface area contributed by atoms with Crippen LogP contribution in [0.1, 0.15) is 11.1 Å². The van der Waals surface area contributed by atoms with Gasteiger partial charge in [-0.3, -0.25) is 15.7 Å². The highest BCUT2D eigenvalue weighted by Gasteiger charge is 2.30. The largest absolute Gasteiger partial charge is 0.283 e. The average Bonchev–Trinajstić information content (AvgIpc) is 2.64. The fourth-order valence-corrected chi connectivity index (χ4v) is 2.08. The first kappa shape index (κ1) is 9.78. The van der Waals surface area contributed by atoms with Crippen molar-refractivity contribution >= 4 is 17.4 Å². The summed E-state index contributed by atoms with van der Waals surface area (Å²) in [6, 6.07) is 17.1. The van der Waals surface area contributed by atoms with Crippen molar-refractivity contribution in [2.75, 3.05) is 4.90 Å². The van der Waals surface area contributed by atoms with E-state index in [-0.39, 0.29) is 0 Å². The zero-order valence-electron chi connectivity index (χ0n) is 9.14. The molecular formula is C14H11N3. The second-order valence-electron chi connectivity index (χ2n) is 3.91. The van der Waals surface area contributed by atoms with Crippen LogP contribution in [0.15, 0.2) is 54.6 Å². The molecule has 0 spiro atoms. The van der Waals surface area contributed by atoms with Crippen LogP contribution < -0.4 is 4.90 Å². The van der Waals surface area contributed by atoms with Crippen molar-refractivity contribution in [1.82, 2.24) is 0 Å². The fourth-order valence-electron chi connectivity index (χ4n) is 2.08. The first-order valence-electron chi connectivity index (χ1n) is 5.41. The van der Waals surface area contributed by atoms with Gasteiger partial charge in [-0.15, -0.1) is 0 Å². The average molecular weight is 221 g/mol. The molecule has 0 atom stereocenters. The highest BCUT2D eigenvalue weighted by molar-refractivity contribution is 6.36. The Hall–Kier alpha value is -2.42. The van der Waals surface area contributed by atoms with Crippen molar-refractivity contribution in [2.24, 2.45) is 0 Å². The predicted molar refractivity (Wildman–Crippen MR) is 69.0 cm³/mol. The van der Waals surface area contributed by atoms with E-state index in [2.05, 4.69) is 0 Å². The van der Waals surface area contributed by atoms with Gasteiger partial charge in [-0.2, -0.15) is 0 Å². The van der Waals surface area contributed by atoms with Gasteiger partial charge < -0.3 is 0 Å². The van der Waals surface area contributed by atoms with Gasteiger partial charge in [0.25, 0.3) is 0 Å². The zero-order chi connectivity index (χ0) is 11.8. The normalized spacial score (nSPS) is 14.0. The maximum atomic E-state index is 8.14. The Bertz CT molecular complexity index is 567. The first-order chi connectivity index (χ1) is 8.29. The minimum Gasteiger partial charge on any atom is -0.283 e. The highest BCUT2D eigenvalue weighted by atomic mass is 15.2. The van der Waals surface area contributed by atoms with Gasteiger partial charge in [0.1, 0.15) is 11.7 Å². The number of benzene rings is 2. The van der Waals surface area contributed by atoms with Gasteiger partial charge in [0.15, 0.2) is 0 Å². The maximum Gasteiger partial charge on any atom is 0.139 e. The third-order valence-corrected chi connectivity index (χ3v) is 2.90. The van der Waals surface area contributed by atoms with E-state index >= 15 is 0 Å². The summed E-state index contributed by atoms with van der Waals surface area (Å²) in [7, 11) is 0. The molecule has 2 aromatic rings. The Kier molecular flexibility index (Phi) is 2.05. The van der Waals surface area contributed by atoms with Crippen molar-refractivity contribution in [3.05, 3.63) is 65.7 Å². The molecule has 3 heteroatoms. The Morgan fingerprint density at radius 3 is 1.65 bits per heavy atom. The Morgan fingerprint density at radius 1 is 0.647 bits per heavy atom. The van der Waals surface area contributed by atoms with E-state index in [9.17, 15) is 0 Å². The minimum absolute atomic E-state index is 0.372. The van der Waals surface area contributed by atoms with Gasteiger partial charge >= 0.3 is 0 Å². The van der Waals surface area contributed by atoms with Crippen molar-refractivity contribution in [1.29, 1.82) is 10.8 Å². The second kappa shape index (κ2) is 3.56. The summed E-state index contributed by atoms with van der Waals surface area (Å²) < 4.78 is 0. The van der Waals surface area contributed by atoms with Crippen LogP contribution in [0, 0.1) is 10.8 Å². The number of rotatable bonds is 1. The fraction of sp³-hybridized carbons (Fsp3) is 0. The van der Waals surface area contributed by atoms with Gasteiger partial charge in [-0.1, -0.05) is 42.5 Å². The molecule has 2 aromatic carbocycles. The molecule has 1 aliphatic rings. The maximum absolute atomic E-state index is 8.14. The third kappa shape index (κ3) is 1.36. The summed E-state index contributed by atoms with van der Waals surface area (Å²) in [5, 5.41) is 16.3. The second-order valence-corrected chi connectivity index (χ2v) is 3.91. The summed E-state index contributed by atoms with van der Waals surface area (Å²) in [6.45, 7) is 0. The number of nitrogens with zero attached hydrogens (tertiary/aromatic N) is 1. The first-order valence-corrected chi connectivity index (χ1v) is 5.41. The van der Waals surface area contributed by atoms with Crippen LogP contribution in [0.5, 0.6) is 0 Å². The third-order valence-electron chi connectivity index (χ3n) is 2.90. The molecule has 17 heavy (non-hydrogen) atoms. The van der Waals surface area contributed by atoms with E-state index in [1.807, 2.05) is 54.6 Å². The molecule has 0 aromatic heterocycles. The lowest BCUT2D eigenvalue weighted by atomic mass is 10.1. The number of fused-ring (bicyclic) bond motifs is 1. The van der Waals surface area contributed by atoms with Gasteiger partial charge in [-0.05, 0) is 12.1 Å². The summed E-state index contributed by atoms with van der Waals surface area (Å²) in [6.07, 6.45) is 0. The molecule has 1 heterocycles. The molecule has 0 saturated carbocycles. The number of nitrogens with one attached hydrogen (secondary N) is 2. The number of amidine groups is 2. The predicted octanol–water partition coefficient (Wildman–Crippen LogP) is 2.86. The van der Waals surface area contributed by atoms with Gasteiger partial charge in [0.05, 0.1) is 0 Å². The molecule has 0 amide bonds. The molecule has 0 saturated heterocycles. The van der Waals surface area contributed by atoms with Gasteiger partial charge in [0, 0.05) is 16.8 Å². The summed E-state index contributed by atoms with van der Waals surface area (Å²) in [5.41, 5.74) is 2.50. The molecule has 0 unspecified atom stereocenters. The van der Waals surface area contributed by atoms with Crippen molar-refractivity contribution in [3.63, 3.8) is 0 Å². The van der Waals surface area contributed by atoms with Crippen LogP contribution >= 0.6 is 0 Å². The molecular weight excluding hydrogens is 210 g/mol. The summed E-state index contributed by atoms with van der Waals surface area (Å²) in [4.78, 5) is 1.66. The van der Waals surface area contributed by atoms with Crippen LogP contribution in [-0.4, -0.2) is 11.7 Å². The quantitative estimate of drug-likeness (QED) is 0.764. The van der Waals surface area contributed by atoms with Crippen LogP contribution in [0.2, 0.25) is 0 Å². The van der Waals surface area contributed by atoms with E-state index in [0.29, 0.717) is 11.7 Å². The Morgan fingerprint density at radius 2 is 1.12 bits per heavy atom. The topological polar surface area (TPSA) is 50.9 Å². The standard InChI is InChI=1S/C14H11N3/c15-13-11-8-4-5-9-12(11)14(16)17(13)10-6-2-1-3-7-10/h1-9,15-16H. The Balaban J connectivity index is 2.13. The van der Waals surface area contributed by atoms with Crippen LogP contribution in [0.25, 0.3) is 0 Å². The zero-order valence-corrected chi connectivity index (χ0v) is 9.14. The molecule has 0 aliphatic carbocycles. The monoisotopic (exact) mass is 221 g/mol. The molecule has 0 radical (unpaired) electrons. The van der Waals surface area contributed by atoms with E-state index in [1.54, 1.807) is 4.90 Å². The molecule has 1 aliphatic heterocycles. The van der Waals surface area contributed by atoms with Crippen molar-refractivity contribution in [2.45, 2.75) is 0 Å². The lowest BCUT2D eigenvalue weighted by Crippen LogP contribution is -2.29. The van der Waals surface area contributed by atoms with Crippen molar-refractivity contribution < 1.29 is 0 Å². The lowest BCUT2D eigenvalue weighted by Gasteiger charge is -2.17. The summed E-state index contributed by atoms with van der Waals surface area (Å²) >= 11 is 0. The lowest BCUT2D eigenvalue weighted by molar-refractivity contribution is 1.34. The minimum atomic E-state index is 0.372. The molecule has 0 bridgehead atoms. The van der Waals surface area contributed by atoms with Crippen LogP contribution in [0.3, 0.4) is 0 Å².